The van der Waals surface area contributed by atoms with Gasteiger partial charge < -0.3 is 4.74 Å². The normalized spacial score (nSPS) is 10.9. The number of hydrogen-bond donors (Lipinski definition) is 0. The topological polar surface area (TPSA) is 9.23 Å². The van der Waals surface area contributed by atoms with Crippen LogP contribution in [0.4, 0.5) is 0 Å². The predicted molar refractivity (Wildman–Crippen MR) is 72.5 cm³/mol. The summed E-state index contributed by atoms with van der Waals surface area (Å²) in [6.45, 7) is 0.669. The summed E-state index contributed by atoms with van der Waals surface area (Å²) in [5.74, 6) is 0. The molecule has 2 rings (SSSR count). The zero-order valence-corrected chi connectivity index (χ0v) is 9.97. The van der Waals surface area contributed by atoms with Crippen molar-refractivity contribution in [2.45, 2.75) is 6.61 Å². The summed E-state index contributed by atoms with van der Waals surface area (Å²) in [7, 11) is 1.71. The van der Waals surface area contributed by atoms with Gasteiger partial charge in [-0.05, 0) is 16.7 Å². The highest BCUT2D eigenvalue weighted by molar-refractivity contribution is 5.69. The molecule has 0 aromatic heterocycles. The third kappa shape index (κ3) is 3.58. The maximum absolute atomic E-state index is 5.08. The van der Waals surface area contributed by atoms with Gasteiger partial charge in [-0.2, -0.15) is 0 Å². The van der Waals surface area contributed by atoms with Gasteiger partial charge in [-0.3, -0.25) is 0 Å². The maximum atomic E-state index is 5.08. The van der Waals surface area contributed by atoms with E-state index < -0.39 is 0 Å². The quantitative estimate of drug-likeness (QED) is 0.713. The monoisotopic (exact) mass is 224 g/mol. The van der Waals surface area contributed by atoms with Crippen LogP contribution in [0.2, 0.25) is 0 Å². The lowest BCUT2D eigenvalue weighted by atomic mass is 10.1. The molecule has 86 valence electrons. The number of hydrogen-bond acceptors (Lipinski definition) is 1. The average Bonchev–Trinajstić information content (AvgIpc) is 2.40. The fourth-order valence-electron chi connectivity index (χ4n) is 1.65. The highest BCUT2D eigenvalue weighted by Gasteiger charge is 1.91. The Balaban J connectivity index is 2.06. The maximum Gasteiger partial charge on any atom is 0.0713 e. The van der Waals surface area contributed by atoms with Crippen molar-refractivity contribution < 1.29 is 4.74 Å². The molecule has 0 saturated heterocycles. The molecule has 0 saturated carbocycles. The van der Waals surface area contributed by atoms with Gasteiger partial charge in [-0.15, -0.1) is 0 Å². The van der Waals surface area contributed by atoms with Gasteiger partial charge in [-0.25, -0.2) is 0 Å². The summed E-state index contributed by atoms with van der Waals surface area (Å²) in [6.07, 6.45) is 4.23. The number of methoxy groups -OCH3 is 1. The third-order valence-electron chi connectivity index (χ3n) is 2.56. The molecule has 17 heavy (non-hydrogen) atoms. The lowest BCUT2D eigenvalue weighted by Crippen LogP contribution is -1.86. The molecule has 1 nitrogen and oxygen atoms in total. The van der Waals surface area contributed by atoms with E-state index in [2.05, 4.69) is 48.6 Å². The van der Waals surface area contributed by atoms with E-state index in [0.717, 1.165) is 0 Å². The summed E-state index contributed by atoms with van der Waals surface area (Å²) < 4.78 is 5.08. The van der Waals surface area contributed by atoms with Gasteiger partial charge in [0.05, 0.1) is 6.61 Å². The molecule has 0 aliphatic heterocycles. The van der Waals surface area contributed by atoms with E-state index in [4.69, 9.17) is 4.74 Å². The molecule has 0 N–H and O–H groups in total. The largest absolute Gasteiger partial charge is 0.380 e. The van der Waals surface area contributed by atoms with Crippen LogP contribution in [0.25, 0.3) is 12.2 Å². The molecule has 0 aliphatic carbocycles. The second-order valence-electron chi connectivity index (χ2n) is 3.92. The zero-order valence-electron chi connectivity index (χ0n) is 9.97. The van der Waals surface area contributed by atoms with Crippen LogP contribution in [-0.2, 0) is 11.3 Å². The van der Waals surface area contributed by atoms with Crippen LogP contribution in [0, 0.1) is 0 Å². The van der Waals surface area contributed by atoms with Crippen LogP contribution in [-0.4, -0.2) is 7.11 Å². The van der Waals surface area contributed by atoms with Crippen LogP contribution in [0.5, 0.6) is 0 Å². The summed E-state index contributed by atoms with van der Waals surface area (Å²) >= 11 is 0. The van der Waals surface area contributed by atoms with Crippen molar-refractivity contribution in [3.8, 4) is 0 Å². The molecule has 0 fully saturated rings. The molecule has 0 radical (unpaired) electrons. The van der Waals surface area contributed by atoms with E-state index >= 15 is 0 Å². The highest BCUT2D eigenvalue weighted by atomic mass is 16.5. The van der Waals surface area contributed by atoms with E-state index in [1.165, 1.54) is 16.7 Å². The van der Waals surface area contributed by atoms with Crippen LogP contribution in [0.3, 0.4) is 0 Å². The van der Waals surface area contributed by atoms with Crippen molar-refractivity contribution >= 4 is 12.2 Å². The predicted octanol–water partition coefficient (Wildman–Crippen LogP) is 4.00. The second-order valence-corrected chi connectivity index (χ2v) is 3.92. The molecule has 0 unspecified atom stereocenters. The van der Waals surface area contributed by atoms with Crippen LogP contribution in [0.1, 0.15) is 16.7 Å². The van der Waals surface area contributed by atoms with Gasteiger partial charge in [-0.1, -0.05) is 66.7 Å². The molecular formula is C16H16O. The first-order valence-corrected chi connectivity index (χ1v) is 5.69. The van der Waals surface area contributed by atoms with Gasteiger partial charge in [0.1, 0.15) is 0 Å². The highest BCUT2D eigenvalue weighted by Crippen LogP contribution is 2.10. The minimum absolute atomic E-state index is 0.669. The van der Waals surface area contributed by atoms with Crippen LogP contribution in [0.15, 0.2) is 54.6 Å². The zero-order chi connectivity index (χ0) is 11.9. The Hall–Kier alpha value is -1.86. The van der Waals surface area contributed by atoms with Gasteiger partial charge in [0.15, 0.2) is 0 Å². The molecule has 0 spiro atoms. The number of rotatable bonds is 4. The van der Waals surface area contributed by atoms with Crippen molar-refractivity contribution in [1.82, 2.24) is 0 Å². The van der Waals surface area contributed by atoms with Crippen molar-refractivity contribution in [3.05, 3.63) is 71.3 Å². The van der Waals surface area contributed by atoms with Gasteiger partial charge in [0.2, 0.25) is 0 Å². The standard InChI is InChI=1S/C16H16O/c1-17-13-16-11-9-15(10-12-16)8-7-14-5-3-2-4-6-14/h2-12H,13H2,1H3/b8-7+. The molecule has 2 aromatic carbocycles. The van der Waals surface area contributed by atoms with Gasteiger partial charge in [0, 0.05) is 7.11 Å². The number of benzene rings is 2. The van der Waals surface area contributed by atoms with Gasteiger partial charge in [0.25, 0.3) is 0 Å². The Bertz CT molecular complexity index is 469. The summed E-state index contributed by atoms with van der Waals surface area (Å²) in [5.41, 5.74) is 3.62. The molecule has 2 aromatic rings. The first-order chi connectivity index (χ1) is 8.38. The summed E-state index contributed by atoms with van der Waals surface area (Å²) in [6, 6.07) is 18.7. The SMILES string of the molecule is COCc1ccc(/C=C/c2ccccc2)cc1. The lowest BCUT2D eigenvalue weighted by Gasteiger charge is -1.99. The van der Waals surface area contributed by atoms with E-state index in [1.54, 1.807) is 7.11 Å². The first kappa shape index (κ1) is 11.6. The Morgan fingerprint density at radius 3 is 2.00 bits per heavy atom. The minimum Gasteiger partial charge on any atom is -0.380 e. The van der Waals surface area contributed by atoms with Crippen LogP contribution < -0.4 is 0 Å². The molecule has 0 heterocycles. The van der Waals surface area contributed by atoms with E-state index in [1.807, 2.05) is 18.2 Å². The van der Waals surface area contributed by atoms with E-state index in [-0.39, 0.29) is 0 Å². The van der Waals surface area contributed by atoms with Crippen LogP contribution >= 0.6 is 0 Å². The average molecular weight is 224 g/mol. The molecule has 0 aliphatic rings. The fourth-order valence-corrected chi connectivity index (χ4v) is 1.65. The molecule has 0 amide bonds. The van der Waals surface area contributed by atoms with E-state index in [9.17, 15) is 0 Å². The minimum atomic E-state index is 0.669. The molecule has 1 heteroatoms. The van der Waals surface area contributed by atoms with Gasteiger partial charge >= 0.3 is 0 Å². The Labute approximate surface area is 102 Å². The Kier molecular flexibility index (Phi) is 4.11. The summed E-state index contributed by atoms with van der Waals surface area (Å²) in [5, 5.41) is 0. The van der Waals surface area contributed by atoms with Crippen molar-refractivity contribution in [2.24, 2.45) is 0 Å². The first-order valence-electron chi connectivity index (χ1n) is 5.69. The fraction of sp³-hybridized carbons (Fsp3) is 0.125. The molecule has 0 bridgehead atoms. The lowest BCUT2D eigenvalue weighted by molar-refractivity contribution is 0.185. The second kappa shape index (κ2) is 6.02. The van der Waals surface area contributed by atoms with Crippen molar-refractivity contribution in [3.63, 3.8) is 0 Å². The third-order valence-corrected chi connectivity index (χ3v) is 2.56. The smallest absolute Gasteiger partial charge is 0.0713 e. The van der Waals surface area contributed by atoms with Crippen molar-refractivity contribution in [1.29, 1.82) is 0 Å². The molecule has 0 atom stereocenters. The summed E-state index contributed by atoms with van der Waals surface area (Å²) in [4.78, 5) is 0. The Morgan fingerprint density at radius 2 is 1.41 bits per heavy atom. The van der Waals surface area contributed by atoms with Crippen molar-refractivity contribution in [2.75, 3.05) is 7.11 Å². The molecular weight excluding hydrogens is 208 g/mol. The number of ether oxygens (including phenoxy) is 1. The Morgan fingerprint density at radius 1 is 0.824 bits per heavy atom. The van der Waals surface area contributed by atoms with E-state index in [0.29, 0.717) is 6.61 Å².